The van der Waals surface area contributed by atoms with Crippen molar-refractivity contribution in [1.29, 1.82) is 0 Å². The van der Waals surface area contributed by atoms with E-state index < -0.39 is 0 Å². The molecule has 2 nitrogen and oxygen atoms in total. The summed E-state index contributed by atoms with van der Waals surface area (Å²) in [7, 11) is 0. The Kier molecular flexibility index (Phi) is 9.20. The molecule has 2 heteroatoms. The average molecular weight is 816 g/mol. The average Bonchev–Trinajstić information content (AvgIpc) is 3.76. The molecule has 0 saturated carbocycles. The maximum absolute atomic E-state index is 6.79. The van der Waals surface area contributed by atoms with Gasteiger partial charge in [0.2, 0.25) is 0 Å². The molecule has 11 aromatic carbocycles. The number of hydrogen-bond donors (Lipinski definition) is 0. The summed E-state index contributed by atoms with van der Waals surface area (Å²) in [6.45, 7) is 0. The van der Waals surface area contributed by atoms with E-state index in [1.807, 2.05) is 0 Å². The van der Waals surface area contributed by atoms with Crippen LogP contribution in [-0.4, -0.2) is 0 Å². The number of benzene rings is 11. The highest BCUT2D eigenvalue weighted by Crippen LogP contribution is 2.42. The van der Waals surface area contributed by atoms with Crippen molar-refractivity contribution in [2.75, 3.05) is 4.90 Å². The Morgan fingerprint density at radius 1 is 0.234 bits per heavy atom. The molecule has 0 aliphatic rings. The third-order valence-corrected chi connectivity index (χ3v) is 12.7. The molecular formula is C62H41NO. The topological polar surface area (TPSA) is 16.4 Å². The van der Waals surface area contributed by atoms with Crippen LogP contribution in [0, 0.1) is 0 Å². The van der Waals surface area contributed by atoms with Crippen molar-refractivity contribution in [1.82, 2.24) is 0 Å². The van der Waals surface area contributed by atoms with E-state index in [-0.39, 0.29) is 0 Å². The van der Waals surface area contributed by atoms with Gasteiger partial charge in [-0.1, -0.05) is 206 Å². The normalized spacial score (nSPS) is 11.4. The summed E-state index contributed by atoms with van der Waals surface area (Å²) in [5.41, 5.74) is 16.7. The summed E-state index contributed by atoms with van der Waals surface area (Å²) in [5, 5.41) is 7.24. The first-order valence-corrected chi connectivity index (χ1v) is 21.9. The predicted molar refractivity (Wildman–Crippen MR) is 271 cm³/mol. The first-order valence-electron chi connectivity index (χ1n) is 21.9. The number of fused-ring (bicyclic) bond motifs is 5. The molecule has 0 saturated heterocycles. The van der Waals surface area contributed by atoms with Crippen LogP contribution in [0.4, 0.5) is 17.1 Å². The second kappa shape index (κ2) is 15.8. The number of nitrogens with zero attached hydrogens (tertiary/aromatic N) is 1. The van der Waals surface area contributed by atoms with Gasteiger partial charge in [0, 0.05) is 39.0 Å². The van der Waals surface area contributed by atoms with Crippen LogP contribution < -0.4 is 4.90 Å². The van der Waals surface area contributed by atoms with Crippen LogP contribution in [-0.2, 0) is 0 Å². The lowest BCUT2D eigenvalue weighted by molar-refractivity contribution is 0.671. The van der Waals surface area contributed by atoms with E-state index in [0.29, 0.717) is 0 Å². The zero-order valence-electron chi connectivity index (χ0n) is 35.0. The van der Waals surface area contributed by atoms with Crippen LogP contribution in [0.1, 0.15) is 0 Å². The number of anilines is 3. The molecular weight excluding hydrogens is 775 g/mol. The first kappa shape index (κ1) is 37.3. The maximum atomic E-state index is 6.79. The number of rotatable bonds is 8. The molecule has 0 bridgehead atoms. The fraction of sp³-hybridized carbons (Fsp3) is 0. The molecule has 0 radical (unpaired) electrons. The molecule has 0 spiro atoms. The molecule has 12 rings (SSSR count). The van der Waals surface area contributed by atoms with Crippen LogP contribution in [0.15, 0.2) is 253 Å². The molecule has 12 aromatic rings. The smallest absolute Gasteiger partial charge is 0.143 e. The van der Waals surface area contributed by atoms with Crippen molar-refractivity contribution in [2.45, 2.75) is 0 Å². The van der Waals surface area contributed by atoms with Crippen LogP contribution in [0.5, 0.6) is 0 Å². The summed E-state index contributed by atoms with van der Waals surface area (Å²) in [5.74, 6) is 0. The van der Waals surface area contributed by atoms with E-state index in [0.717, 1.165) is 72.4 Å². The fourth-order valence-corrected chi connectivity index (χ4v) is 9.54. The van der Waals surface area contributed by atoms with Crippen LogP contribution in [0.2, 0.25) is 0 Å². The van der Waals surface area contributed by atoms with Gasteiger partial charge < -0.3 is 9.32 Å². The minimum Gasteiger partial charge on any atom is -0.455 e. The van der Waals surface area contributed by atoms with Crippen LogP contribution in [0.3, 0.4) is 0 Å². The van der Waals surface area contributed by atoms with E-state index in [9.17, 15) is 0 Å². The maximum Gasteiger partial charge on any atom is 0.143 e. The molecule has 0 aliphatic heterocycles. The SMILES string of the molecule is c1ccc(-c2cccc3c2oc2c(-c4cccc(-c5ccc(N(c6ccc(-c7cccc8ccccc78)cc6)c6ccc(-c7cccc8ccccc78)cc6)cc5)c4)cccc23)cc1. The molecule has 1 aromatic heterocycles. The summed E-state index contributed by atoms with van der Waals surface area (Å²) in [4.78, 5) is 2.35. The molecule has 300 valence electrons. The Labute approximate surface area is 372 Å². The number of furan rings is 1. The van der Waals surface area contributed by atoms with Crippen molar-refractivity contribution in [3.05, 3.63) is 249 Å². The highest BCUT2D eigenvalue weighted by atomic mass is 16.3. The van der Waals surface area contributed by atoms with Gasteiger partial charge in [-0.05, 0) is 109 Å². The predicted octanol–water partition coefficient (Wildman–Crippen LogP) is 17.7. The van der Waals surface area contributed by atoms with E-state index in [2.05, 4.69) is 254 Å². The van der Waals surface area contributed by atoms with Crippen molar-refractivity contribution in [2.24, 2.45) is 0 Å². The molecule has 0 fully saturated rings. The zero-order valence-corrected chi connectivity index (χ0v) is 35.0. The molecule has 1 heterocycles. The van der Waals surface area contributed by atoms with Gasteiger partial charge in [-0.2, -0.15) is 0 Å². The lowest BCUT2D eigenvalue weighted by Crippen LogP contribution is -2.09. The number of para-hydroxylation sites is 2. The molecule has 0 N–H and O–H groups in total. The van der Waals surface area contributed by atoms with E-state index >= 15 is 0 Å². The van der Waals surface area contributed by atoms with Gasteiger partial charge in [-0.3, -0.25) is 0 Å². The lowest BCUT2D eigenvalue weighted by atomic mass is 9.96. The summed E-state index contributed by atoms with van der Waals surface area (Å²) in [6.07, 6.45) is 0. The Morgan fingerprint density at radius 3 is 1.14 bits per heavy atom. The second-order valence-corrected chi connectivity index (χ2v) is 16.4. The summed E-state index contributed by atoms with van der Waals surface area (Å²) in [6, 6.07) is 89.5. The highest BCUT2D eigenvalue weighted by Gasteiger charge is 2.18. The standard InChI is InChI=1S/C62H41NO/c1-2-13-45(14-3-1)57-25-11-27-59-60-28-12-26-58(62(60)64-61(57)59)49-20-8-19-48(41-49)42-29-35-50(36-30-42)63(51-37-31-46(32-38-51)55-23-9-17-43-15-4-6-21-53(43)55)52-39-33-47(34-40-52)56-24-10-18-44-16-5-7-22-54(44)56/h1-41H. The van der Waals surface area contributed by atoms with Crippen LogP contribution >= 0.6 is 0 Å². The van der Waals surface area contributed by atoms with Crippen LogP contribution in [0.25, 0.3) is 99.1 Å². The van der Waals surface area contributed by atoms with Crippen molar-refractivity contribution in [3.63, 3.8) is 0 Å². The number of hydrogen-bond acceptors (Lipinski definition) is 2. The van der Waals surface area contributed by atoms with E-state index in [1.165, 1.54) is 43.8 Å². The van der Waals surface area contributed by atoms with Crippen molar-refractivity contribution in [3.8, 4) is 55.6 Å². The molecule has 0 atom stereocenters. The van der Waals surface area contributed by atoms with Gasteiger partial charge in [0.1, 0.15) is 11.2 Å². The molecule has 0 amide bonds. The summed E-state index contributed by atoms with van der Waals surface area (Å²) < 4.78 is 6.79. The third-order valence-electron chi connectivity index (χ3n) is 12.7. The van der Waals surface area contributed by atoms with Gasteiger partial charge in [0.25, 0.3) is 0 Å². The van der Waals surface area contributed by atoms with Gasteiger partial charge in [0.15, 0.2) is 0 Å². The monoisotopic (exact) mass is 815 g/mol. The Hall–Kier alpha value is -8.46. The van der Waals surface area contributed by atoms with Gasteiger partial charge in [0.05, 0.1) is 0 Å². The van der Waals surface area contributed by atoms with Crippen molar-refractivity contribution < 1.29 is 4.42 Å². The Morgan fingerprint density at radius 2 is 0.594 bits per heavy atom. The quantitative estimate of drug-likeness (QED) is 0.152. The third kappa shape index (κ3) is 6.61. The highest BCUT2D eigenvalue weighted by molar-refractivity contribution is 6.13. The fourth-order valence-electron chi connectivity index (χ4n) is 9.54. The Bertz CT molecular complexity index is 3510. The second-order valence-electron chi connectivity index (χ2n) is 16.4. The zero-order chi connectivity index (χ0) is 42.4. The molecule has 64 heavy (non-hydrogen) atoms. The largest absolute Gasteiger partial charge is 0.455 e. The summed E-state index contributed by atoms with van der Waals surface area (Å²) >= 11 is 0. The minimum absolute atomic E-state index is 0.905. The van der Waals surface area contributed by atoms with Gasteiger partial charge >= 0.3 is 0 Å². The molecule has 0 aliphatic carbocycles. The van der Waals surface area contributed by atoms with E-state index in [1.54, 1.807) is 0 Å². The minimum atomic E-state index is 0.905. The van der Waals surface area contributed by atoms with Crippen molar-refractivity contribution >= 4 is 60.5 Å². The first-order chi connectivity index (χ1) is 31.7. The molecule has 0 unspecified atom stereocenters. The lowest BCUT2D eigenvalue weighted by Gasteiger charge is -2.26. The Balaban J connectivity index is 0.912. The van der Waals surface area contributed by atoms with E-state index in [4.69, 9.17) is 4.42 Å². The van der Waals surface area contributed by atoms with Gasteiger partial charge in [-0.25, -0.2) is 0 Å². The van der Waals surface area contributed by atoms with Gasteiger partial charge in [-0.15, -0.1) is 0 Å².